The summed E-state index contributed by atoms with van der Waals surface area (Å²) in [5.41, 5.74) is 7.82. The van der Waals surface area contributed by atoms with Crippen molar-refractivity contribution in [2.45, 2.75) is 32.2 Å². The number of hydrogen-bond acceptors (Lipinski definition) is 2. The molecule has 4 heteroatoms. The van der Waals surface area contributed by atoms with E-state index in [1.165, 1.54) is 12.8 Å². The van der Waals surface area contributed by atoms with Crippen molar-refractivity contribution in [2.75, 3.05) is 0 Å². The second-order valence-electron chi connectivity index (χ2n) is 4.43. The van der Waals surface area contributed by atoms with Crippen LogP contribution in [-0.4, -0.2) is 9.78 Å². The molecule has 2 rings (SSSR count). The zero-order valence-corrected chi connectivity index (χ0v) is 9.60. The van der Waals surface area contributed by atoms with Crippen molar-refractivity contribution in [3.8, 4) is 0 Å². The maximum Gasteiger partial charge on any atom is 0.0866 e. The minimum atomic E-state index is -0.326. The van der Waals surface area contributed by atoms with Gasteiger partial charge in [0.05, 0.1) is 21.9 Å². The minimum absolute atomic E-state index is 0.326. The van der Waals surface area contributed by atoms with Crippen molar-refractivity contribution in [3.05, 3.63) is 16.4 Å². The summed E-state index contributed by atoms with van der Waals surface area (Å²) in [6, 6.07) is 0. The molecule has 1 saturated carbocycles. The zero-order chi connectivity index (χ0) is 10.5. The van der Waals surface area contributed by atoms with Crippen LogP contribution in [0.4, 0.5) is 0 Å². The summed E-state index contributed by atoms with van der Waals surface area (Å²) in [5, 5.41) is 5.02. The number of rotatable bonds is 2. The zero-order valence-electron chi connectivity index (χ0n) is 8.84. The molecule has 1 unspecified atom stereocenters. The number of hydrogen-bond donors (Lipinski definition) is 1. The normalized spacial score (nSPS) is 20.9. The number of halogens is 1. The first-order valence-corrected chi connectivity index (χ1v) is 5.31. The second-order valence-corrected chi connectivity index (χ2v) is 4.81. The number of nitrogens with zero attached hydrogens (tertiary/aromatic N) is 2. The maximum absolute atomic E-state index is 6.31. The van der Waals surface area contributed by atoms with Gasteiger partial charge in [-0.2, -0.15) is 5.10 Å². The summed E-state index contributed by atoms with van der Waals surface area (Å²) in [6.45, 7) is 3.96. The summed E-state index contributed by atoms with van der Waals surface area (Å²) < 4.78 is 1.82. The first kappa shape index (κ1) is 9.99. The summed E-state index contributed by atoms with van der Waals surface area (Å²) in [4.78, 5) is 0. The van der Waals surface area contributed by atoms with Crippen LogP contribution in [0.2, 0.25) is 5.02 Å². The summed E-state index contributed by atoms with van der Waals surface area (Å²) >= 11 is 6.21. The van der Waals surface area contributed by atoms with Crippen LogP contribution >= 0.6 is 11.6 Å². The number of aromatic nitrogens is 2. The van der Waals surface area contributed by atoms with E-state index in [2.05, 4.69) is 5.10 Å². The second kappa shape index (κ2) is 2.97. The third-order valence-electron chi connectivity index (χ3n) is 3.08. The summed E-state index contributed by atoms with van der Waals surface area (Å²) in [6.07, 6.45) is 2.40. The van der Waals surface area contributed by atoms with Gasteiger partial charge in [0.1, 0.15) is 0 Å². The lowest BCUT2D eigenvalue weighted by molar-refractivity contribution is 0.394. The van der Waals surface area contributed by atoms with Gasteiger partial charge in [0.25, 0.3) is 0 Å². The lowest BCUT2D eigenvalue weighted by Crippen LogP contribution is -2.37. The van der Waals surface area contributed by atoms with Crippen LogP contribution in [-0.2, 0) is 12.6 Å². The molecule has 14 heavy (non-hydrogen) atoms. The Bertz CT molecular complexity index is 364. The molecule has 2 N–H and O–H groups in total. The lowest BCUT2D eigenvalue weighted by atomic mass is 9.92. The molecule has 0 amide bonds. The van der Waals surface area contributed by atoms with E-state index in [-0.39, 0.29) is 5.54 Å². The van der Waals surface area contributed by atoms with Gasteiger partial charge in [0, 0.05) is 7.05 Å². The van der Waals surface area contributed by atoms with Gasteiger partial charge in [0.15, 0.2) is 0 Å². The van der Waals surface area contributed by atoms with Crippen molar-refractivity contribution in [1.29, 1.82) is 0 Å². The fourth-order valence-corrected chi connectivity index (χ4v) is 2.46. The van der Waals surface area contributed by atoms with E-state index in [1.807, 2.05) is 25.6 Å². The molecule has 3 nitrogen and oxygen atoms in total. The van der Waals surface area contributed by atoms with Gasteiger partial charge in [-0.3, -0.25) is 4.68 Å². The first-order valence-electron chi connectivity index (χ1n) is 4.93. The Morgan fingerprint density at radius 2 is 2.14 bits per heavy atom. The van der Waals surface area contributed by atoms with E-state index in [1.54, 1.807) is 0 Å². The highest BCUT2D eigenvalue weighted by atomic mass is 35.5. The monoisotopic (exact) mass is 213 g/mol. The van der Waals surface area contributed by atoms with Gasteiger partial charge in [0.2, 0.25) is 0 Å². The highest BCUT2D eigenvalue weighted by Crippen LogP contribution is 2.45. The average Bonchev–Trinajstić information content (AvgIpc) is 2.81. The van der Waals surface area contributed by atoms with Crippen LogP contribution in [0, 0.1) is 12.8 Å². The molecule has 0 saturated heterocycles. The SMILES string of the molecule is Cc1nn(C)c(C(C)(N)C2CC2)c1Cl. The molecule has 0 bridgehead atoms. The van der Waals surface area contributed by atoms with Gasteiger partial charge >= 0.3 is 0 Å². The van der Waals surface area contributed by atoms with Crippen LogP contribution in [0.3, 0.4) is 0 Å². The molecular formula is C10H16ClN3. The van der Waals surface area contributed by atoms with Crippen LogP contribution in [0.5, 0.6) is 0 Å². The van der Waals surface area contributed by atoms with E-state index in [0.29, 0.717) is 5.92 Å². The van der Waals surface area contributed by atoms with Gasteiger partial charge in [-0.15, -0.1) is 0 Å². The molecule has 0 aromatic carbocycles. The van der Waals surface area contributed by atoms with Crippen molar-refractivity contribution in [1.82, 2.24) is 9.78 Å². The van der Waals surface area contributed by atoms with Crippen molar-refractivity contribution in [2.24, 2.45) is 18.7 Å². The molecule has 0 spiro atoms. The van der Waals surface area contributed by atoms with Crippen molar-refractivity contribution < 1.29 is 0 Å². The molecular weight excluding hydrogens is 198 g/mol. The van der Waals surface area contributed by atoms with E-state index in [9.17, 15) is 0 Å². The van der Waals surface area contributed by atoms with Crippen LogP contribution in [0.25, 0.3) is 0 Å². The Labute approximate surface area is 89.2 Å². The largest absolute Gasteiger partial charge is 0.320 e. The molecule has 0 aliphatic heterocycles. The quantitative estimate of drug-likeness (QED) is 0.817. The molecule has 78 valence electrons. The van der Waals surface area contributed by atoms with E-state index in [0.717, 1.165) is 16.4 Å². The van der Waals surface area contributed by atoms with Gasteiger partial charge in [-0.05, 0) is 32.6 Å². The average molecular weight is 214 g/mol. The van der Waals surface area contributed by atoms with Gasteiger partial charge in [-0.25, -0.2) is 0 Å². The molecule has 1 heterocycles. The van der Waals surface area contributed by atoms with Crippen molar-refractivity contribution >= 4 is 11.6 Å². The predicted octanol–water partition coefficient (Wildman–Crippen LogP) is 1.97. The highest BCUT2D eigenvalue weighted by Gasteiger charge is 2.43. The molecule has 1 aromatic rings. The Kier molecular flexibility index (Phi) is 2.12. The van der Waals surface area contributed by atoms with Crippen LogP contribution in [0.1, 0.15) is 31.2 Å². The lowest BCUT2D eigenvalue weighted by Gasteiger charge is -2.25. The Balaban J connectivity index is 2.48. The predicted molar refractivity (Wildman–Crippen MR) is 57.2 cm³/mol. The maximum atomic E-state index is 6.31. The molecule has 1 aliphatic rings. The van der Waals surface area contributed by atoms with E-state index >= 15 is 0 Å². The first-order chi connectivity index (χ1) is 6.44. The number of nitrogens with two attached hydrogens (primary N) is 1. The smallest absolute Gasteiger partial charge is 0.0866 e. The molecule has 1 fully saturated rings. The topological polar surface area (TPSA) is 43.8 Å². The van der Waals surface area contributed by atoms with E-state index < -0.39 is 0 Å². The summed E-state index contributed by atoms with van der Waals surface area (Å²) in [7, 11) is 1.90. The van der Waals surface area contributed by atoms with Gasteiger partial charge < -0.3 is 5.73 Å². The van der Waals surface area contributed by atoms with Crippen LogP contribution in [0.15, 0.2) is 0 Å². The number of aryl methyl sites for hydroxylation is 2. The molecule has 1 atom stereocenters. The Morgan fingerprint density at radius 3 is 2.50 bits per heavy atom. The fraction of sp³-hybridized carbons (Fsp3) is 0.700. The molecule has 0 radical (unpaired) electrons. The summed E-state index contributed by atoms with van der Waals surface area (Å²) in [5.74, 6) is 0.565. The highest BCUT2D eigenvalue weighted by molar-refractivity contribution is 6.32. The third kappa shape index (κ3) is 1.35. The standard InChI is InChI=1S/C10H16ClN3/c1-6-8(11)9(14(3)13-6)10(2,12)7-4-5-7/h7H,4-5,12H2,1-3H3. The van der Waals surface area contributed by atoms with E-state index in [4.69, 9.17) is 17.3 Å². The van der Waals surface area contributed by atoms with Crippen molar-refractivity contribution in [3.63, 3.8) is 0 Å². The Morgan fingerprint density at radius 1 is 1.57 bits per heavy atom. The molecule has 1 aromatic heterocycles. The molecule has 1 aliphatic carbocycles. The Hall–Kier alpha value is -0.540. The van der Waals surface area contributed by atoms with Crippen LogP contribution < -0.4 is 5.73 Å². The fourth-order valence-electron chi connectivity index (χ4n) is 2.09. The van der Waals surface area contributed by atoms with Gasteiger partial charge in [-0.1, -0.05) is 11.6 Å². The third-order valence-corrected chi connectivity index (χ3v) is 3.54. The minimum Gasteiger partial charge on any atom is -0.320 e.